The number of carboxylic acids is 1. The molecule has 33 heavy (non-hydrogen) atoms. The summed E-state index contributed by atoms with van der Waals surface area (Å²) in [5, 5.41) is 14.1. The minimum absolute atomic E-state index is 0.0594. The van der Waals surface area contributed by atoms with Crippen LogP contribution in [0.15, 0.2) is 46.6 Å². The number of ether oxygens (including phenoxy) is 1. The number of urea groups is 1. The fourth-order valence-corrected chi connectivity index (χ4v) is 4.79. The summed E-state index contributed by atoms with van der Waals surface area (Å²) >= 11 is 5.38. The van der Waals surface area contributed by atoms with Crippen LogP contribution < -0.4 is 15.4 Å². The van der Waals surface area contributed by atoms with Gasteiger partial charge in [0.25, 0.3) is 5.91 Å². The smallest absolute Gasteiger partial charge is 0.341 e. The van der Waals surface area contributed by atoms with Crippen molar-refractivity contribution in [3.63, 3.8) is 0 Å². The Morgan fingerprint density at radius 2 is 2.00 bits per heavy atom. The Balaban J connectivity index is 1.80. The molecule has 2 aromatic carbocycles. The number of hydrogen-bond acceptors (Lipinski definition) is 5. The number of nitrogens with one attached hydrogen (secondary N) is 2. The van der Waals surface area contributed by atoms with Gasteiger partial charge in [-0.05, 0) is 74.8 Å². The van der Waals surface area contributed by atoms with E-state index in [9.17, 15) is 19.2 Å². The molecule has 1 heterocycles. The zero-order valence-electron chi connectivity index (χ0n) is 17.4. The van der Waals surface area contributed by atoms with E-state index in [-0.39, 0.29) is 11.4 Å². The molecular weight excluding hydrogens is 609 g/mol. The molecule has 0 bridgehead atoms. The summed E-state index contributed by atoms with van der Waals surface area (Å²) in [4.78, 5) is 49.4. The lowest BCUT2D eigenvalue weighted by atomic mass is 10.1. The zero-order chi connectivity index (χ0) is 24.1. The molecule has 0 radical (unpaired) electrons. The lowest BCUT2D eigenvalue weighted by Crippen LogP contribution is -2.38. The highest BCUT2D eigenvalue weighted by atomic mass is 127. The van der Waals surface area contributed by atoms with Gasteiger partial charge in [-0.15, -0.1) is 0 Å². The minimum Gasteiger partial charge on any atom is -0.480 e. The van der Waals surface area contributed by atoms with Crippen LogP contribution in [-0.2, 0) is 20.8 Å². The Hall–Kier alpha value is -2.93. The van der Waals surface area contributed by atoms with Crippen molar-refractivity contribution in [2.45, 2.75) is 13.3 Å². The first-order chi connectivity index (χ1) is 15.7. The Labute approximate surface area is 211 Å². The Morgan fingerprint density at radius 1 is 1.27 bits per heavy atom. The standard InChI is InChI=1S/C22H19BrIN3O6/c1-2-12-5-3-4-6-16(12)25-18(28)10-27-21(31)17(26-22(27)32)8-13-7-14(24)9-15(23)20(13)33-11-19(29)30/h3-9H,2,10-11H2,1H3,(H,25,28)(H,26,32)(H,29,30)/b17-8+. The highest BCUT2D eigenvalue weighted by molar-refractivity contribution is 14.1. The monoisotopic (exact) mass is 627 g/mol. The first kappa shape index (κ1) is 24.7. The van der Waals surface area contributed by atoms with Gasteiger partial charge in [0, 0.05) is 14.8 Å². The van der Waals surface area contributed by atoms with Crippen LogP contribution in [0.5, 0.6) is 5.75 Å². The Bertz CT molecular complexity index is 1170. The molecule has 1 saturated heterocycles. The van der Waals surface area contributed by atoms with Crippen molar-refractivity contribution in [1.82, 2.24) is 10.2 Å². The molecular formula is C22H19BrIN3O6. The van der Waals surface area contributed by atoms with Crippen LogP contribution in [0.25, 0.3) is 6.08 Å². The fraction of sp³-hybridized carbons (Fsp3) is 0.182. The van der Waals surface area contributed by atoms with Gasteiger partial charge in [0.2, 0.25) is 5.91 Å². The first-order valence-corrected chi connectivity index (χ1v) is 11.6. The second-order valence-corrected chi connectivity index (χ2v) is 9.03. The molecule has 0 aliphatic carbocycles. The molecule has 0 spiro atoms. The van der Waals surface area contributed by atoms with Crippen LogP contribution in [0.1, 0.15) is 18.1 Å². The van der Waals surface area contributed by atoms with Gasteiger partial charge in [0.05, 0.1) is 4.47 Å². The zero-order valence-corrected chi connectivity index (χ0v) is 21.1. The molecule has 172 valence electrons. The largest absolute Gasteiger partial charge is 0.480 e. The molecule has 1 fully saturated rings. The van der Waals surface area contributed by atoms with Gasteiger partial charge in [-0.3, -0.25) is 9.59 Å². The third kappa shape index (κ3) is 6.11. The molecule has 1 aliphatic heterocycles. The highest BCUT2D eigenvalue weighted by Crippen LogP contribution is 2.33. The van der Waals surface area contributed by atoms with Gasteiger partial charge < -0.3 is 20.5 Å². The van der Waals surface area contributed by atoms with E-state index in [4.69, 9.17) is 9.84 Å². The summed E-state index contributed by atoms with van der Waals surface area (Å²) in [7, 11) is 0. The number of halogens is 2. The maximum Gasteiger partial charge on any atom is 0.341 e. The molecule has 0 atom stereocenters. The normalized spacial score (nSPS) is 14.4. The van der Waals surface area contributed by atoms with Crippen LogP contribution in [0.2, 0.25) is 0 Å². The highest BCUT2D eigenvalue weighted by Gasteiger charge is 2.35. The molecule has 3 N–H and O–H groups in total. The van der Waals surface area contributed by atoms with E-state index >= 15 is 0 Å². The molecule has 11 heteroatoms. The number of nitrogens with zero attached hydrogens (tertiary/aromatic N) is 1. The van der Waals surface area contributed by atoms with Crippen molar-refractivity contribution in [3.05, 3.63) is 61.3 Å². The summed E-state index contributed by atoms with van der Waals surface area (Å²) in [6, 6.07) is 9.94. The summed E-state index contributed by atoms with van der Waals surface area (Å²) in [6.07, 6.45) is 2.10. The van der Waals surface area contributed by atoms with Gasteiger partial charge in [-0.25, -0.2) is 14.5 Å². The fourth-order valence-electron chi connectivity index (χ4n) is 3.13. The molecule has 3 rings (SSSR count). The van der Waals surface area contributed by atoms with Crippen molar-refractivity contribution in [2.24, 2.45) is 0 Å². The predicted octanol–water partition coefficient (Wildman–Crippen LogP) is 3.61. The number of carboxylic acid groups (broad SMARTS) is 1. The van der Waals surface area contributed by atoms with E-state index < -0.39 is 37.0 Å². The van der Waals surface area contributed by atoms with Crippen molar-refractivity contribution in [1.29, 1.82) is 0 Å². The number of carbonyl (C=O) groups is 4. The molecule has 1 aliphatic rings. The van der Waals surface area contributed by atoms with Crippen LogP contribution in [0.4, 0.5) is 10.5 Å². The summed E-state index contributed by atoms with van der Waals surface area (Å²) in [5.41, 5.74) is 1.89. The van der Waals surface area contributed by atoms with Gasteiger partial charge in [0.15, 0.2) is 6.61 Å². The maximum atomic E-state index is 12.8. The number of aliphatic carboxylic acids is 1. The second kappa shape index (κ2) is 10.8. The lowest BCUT2D eigenvalue weighted by molar-refractivity contribution is -0.139. The van der Waals surface area contributed by atoms with E-state index in [1.54, 1.807) is 24.3 Å². The number of aryl methyl sites for hydroxylation is 1. The molecule has 0 saturated carbocycles. The maximum absolute atomic E-state index is 12.8. The van der Waals surface area contributed by atoms with Gasteiger partial charge >= 0.3 is 12.0 Å². The van der Waals surface area contributed by atoms with Crippen LogP contribution in [0, 0.1) is 3.57 Å². The minimum atomic E-state index is -1.16. The second-order valence-electron chi connectivity index (χ2n) is 6.93. The van der Waals surface area contributed by atoms with E-state index in [2.05, 4.69) is 49.2 Å². The molecule has 9 nitrogen and oxygen atoms in total. The molecule has 4 amide bonds. The lowest BCUT2D eigenvalue weighted by Gasteiger charge is -2.14. The number of anilines is 1. The molecule has 2 aromatic rings. The third-order valence-electron chi connectivity index (χ3n) is 4.61. The Morgan fingerprint density at radius 3 is 2.70 bits per heavy atom. The number of amides is 4. The van der Waals surface area contributed by atoms with E-state index in [0.717, 1.165) is 14.0 Å². The van der Waals surface area contributed by atoms with Crippen LogP contribution in [0.3, 0.4) is 0 Å². The number of hydrogen-bond donors (Lipinski definition) is 3. The van der Waals surface area contributed by atoms with Crippen molar-refractivity contribution in [3.8, 4) is 5.75 Å². The van der Waals surface area contributed by atoms with Crippen LogP contribution in [-0.4, -0.2) is 47.0 Å². The number of benzene rings is 2. The first-order valence-electron chi connectivity index (χ1n) is 9.75. The molecule has 0 aromatic heterocycles. The van der Waals surface area contributed by atoms with Gasteiger partial charge in [-0.1, -0.05) is 25.1 Å². The third-order valence-corrected chi connectivity index (χ3v) is 5.83. The quantitative estimate of drug-likeness (QED) is 0.233. The van der Waals surface area contributed by atoms with E-state index in [1.807, 2.05) is 19.1 Å². The van der Waals surface area contributed by atoms with Crippen molar-refractivity contribution in [2.75, 3.05) is 18.5 Å². The Kier molecular flexibility index (Phi) is 8.08. The number of imide groups is 1. The van der Waals surface area contributed by atoms with E-state index in [0.29, 0.717) is 22.1 Å². The SMILES string of the molecule is CCc1ccccc1NC(=O)CN1C(=O)N/C(=C/c2cc(I)cc(Br)c2OCC(=O)O)C1=O. The topological polar surface area (TPSA) is 125 Å². The van der Waals surface area contributed by atoms with Crippen molar-refractivity contribution >= 4 is 74.1 Å². The average molecular weight is 628 g/mol. The average Bonchev–Trinajstić information content (AvgIpc) is 3.00. The predicted molar refractivity (Wildman–Crippen MR) is 133 cm³/mol. The summed E-state index contributed by atoms with van der Waals surface area (Å²) in [6.45, 7) is 0.913. The van der Waals surface area contributed by atoms with Gasteiger partial charge in [-0.2, -0.15) is 0 Å². The number of carbonyl (C=O) groups excluding carboxylic acids is 3. The van der Waals surface area contributed by atoms with Gasteiger partial charge in [0.1, 0.15) is 18.0 Å². The van der Waals surface area contributed by atoms with E-state index in [1.165, 1.54) is 6.08 Å². The van der Waals surface area contributed by atoms with Crippen molar-refractivity contribution < 1.29 is 29.0 Å². The number of para-hydroxylation sites is 1. The van der Waals surface area contributed by atoms with Crippen LogP contribution >= 0.6 is 38.5 Å². The number of rotatable bonds is 8. The molecule has 0 unspecified atom stereocenters. The summed E-state index contributed by atoms with van der Waals surface area (Å²) < 4.78 is 6.62. The summed E-state index contributed by atoms with van der Waals surface area (Å²) in [5.74, 6) is -2.15.